The van der Waals surface area contributed by atoms with Crippen LogP contribution in [0.3, 0.4) is 0 Å². The van der Waals surface area contributed by atoms with E-state index in [4.69, 9.17) is 28.4 Å². The van der Waals surface area contributed by atoms with Gasteiger partial charge in [0.2, 0.25) is 5.75 Å². The highest BCUT2D eigenvalue weighted by molar-refractivity contribution is 6.04. The van der Waals surface area contributed by atoms with E-state index in [-0.39, 0.29) is 11.3 Å². The van der Waals surface area contributed by atoms with E-state index in [9.17, 15) is 9.90 Å². The van der Waals surface area contributed by atoms with Crippen LogP contribution in [0.5, 0.6) is 28.7 Å². The summed E-state index contributed by atoms with van der Waals surface area (Å²) >= 11 is 0. The number of phenolic OH excluding ortho intramolecular Hbond substituents is 1. The van der Waals surface area contributed by atoms with Crippen LogP contribution in [0.25, 0.3) is 0 Å². The Morgan fingerprint density at radius 3 is 1.98 bits per heavy atom. The van der Waals surface area contributed by atoms with Crippen LogP contribution in [0, 0.1) is 0 Å². The fraction of sp³-hybridized carbons (Fsp3) is 0.265. The summed E-state index contributed by atoms with van der Waals surface area (Å²) in [6, 6.07) is 27.7. The number of hydrogen-bond acceptors (Lipinski definition) is 8. The summed E-state index contributed by atoms with van der Waals surface area (Å²) in [5.74, 6) is -0.160. The van der Waals surface area contributed by atoms with Gasteiger partial charge in [0.1, 0.15) is 24.0 Å². The highest BCUT2D eigenvalue weighted by atomic mass is 16.7. The number of ketones is 1. The second-order valence-electron chi connectivity index (χ2n) is 9.44. The molecule has 0 amide bonds. The van der Waals surface area contributed by atoms with Gasteiger partial charge < -0.3 is 33.5 Å². The number of ether oxygens (including phenoxy) is 6. The van der Waals surface area contributed by atoms with Crippen molar-refractivity contribution in [2.24, 2.45) is 0 Å². The molecule has 0 fully saturated rings. The van der Waals surface area contributed by atoms with Crippen molar-refractivity contribution in [1.82, 2.24) is 0 Å². The van der Waals surface area contributed by atoms with E-state index in [1.165, 1.54) is 40.6 Å². The van der Waals surface area contributed by atoms with Crippen LogP contribution in [0.4, 0.5) is 0 Å². The molecule has 0 radical (unpaired) electrons. The number of hydrogen-bond donors (Lipinski definition) is 1. The molecule has 0 saturated carbocycles. The summed E-state index contributed by atoms with van der Waals surface area (Å²) < 4.78 is 34.4. The molecule has 0 aliphatic heterocycles. The molecule has 1 atom stereocenters. The van der Waals surface area contributed by atoms with Crippen molar-refractivity contribution in [1.29, 1.82) is 0 Å². The normalized spacial score (nSPS) is 11.6. The van der Waals surface area contributed by atoms with Crippen LogP contribution in [-0.4, -0.2) is 52.2 Å². The van der Waals surface area contributed by atoms with Crippen molar-refractivity contribution in [2.45, 2.75) is 25.2 Å². The highest BCUT2D eigenvalue weighted by Crippen LogP contribution is 2.45. The van der Waals surface area contributed by atoms with Gasteiger partial charge in [-0.25, -0.2) is 0 Å². The molecule has 0 aliphatic carbocycles. The average Bonchev–Trinajstić information content (AvgIpc) is 3.03. The first-order chi connectivity index (χ1) is 20.5. The Balaban J connectivity index is 1.61. The van der Waals surface area contributed by atoms with Crippen LogP contribution in [0.2, 0.25) is 0 Å². The number of benzene rings is 4. The lowest BCUT2D eigenvalue weighted by Crippen LogP contribution is -2.30. The summed E-state index contributed by atoms with van der Waals surface area (Å²) in [7, 11) is 5.87. The predicted molar refractivity (Wildman–Crippen MR) is 159 cm³/mol. The molecule has 4 aromatic carbocycles. The molecule has 0 aliphatic rings. The molecule has 42 heavy (non-hydrogen) atoms. The molecular formula is C34H36O8. The maximum absolute atomic E-state index is 14.0. The zero-order chi connectivity index (χ0) is 29.9. The van der Waals surface area contributed by atoms with Gasteiger partial charge >= 0.3 is 0 Å². The molecule has 1 unspecified atom stereocenters. The summed E-state index contributed by atoms with van der Waals surface area (Å²) in [6.45, 7) is 0.735. The average molecular weight is 573 g/mol. The van der Waals surface area contributed by atoms with E-state index in [2.05, 4.69) is 0 Å². The first-order valence-electron chi connectivity index (χ1n) is 13.5. The first-order valence-corrected chi connectivity index (χ1v) is 13.5. The number of rotatable bonds is 15. The molecule has 0 bridgehead atoms. The van der Waals surface area contributed by atoms with Gasteiger partial charge in [-0.05, 0) is 29.3 Å². The molecule has 8 nitrogen and oxygen atoms in total. The molecule has 220 valence electrons. The largest absolute Gasteiger partial charge is 0.507 e. The van der Waals surface area contributed by atoms with Gasteiger partial charge in [0.05, 0.1) is 26.4 Å². The molecule has 4 aromatic rings. The third-order valence-corrected chi connectivity index (χ3v) is 6.84. The van der Waals surface area contributed by atoms with E-state index in [1.54, 1.807) is 18.2 Å². The fourth-order valence-corrected chi connectivity index (χ4v) is 4.75. The van der Waals surface area contributed by atoms with Crippen LogP contribution in [0.15, 0.2) is 91.0 Å². The lowest BCUT2D eigenvalue weighted by atomic mass is 9.88. The zero-order valence-corrected chi connectivity index (χ0v) is 24.2. The second-order valence-corrected chi connectivity index (χ2v) is 9.44. The third kappa shape index (κ3) is 7.21. The maximum Gasteiger partial charge on any atom is 0.203 e. The zero-order valence-electron chi connectivity index (χ0n) is 24.2. The molecule has 0 aromatic heterocycles. The smallest absolute Gasteiger partial charge is 0.203 e. The van der Waals surface area contributed by atoms with Crippen molar-refractivity contribution in [3.05, 3.63) is 113 Å². The molecule has 4 rings (SSSR count). The monoisotopic (exact) mass is 572 g/mol. The minimum Gasteiger partial charge on any atom is -0.507 e. The minimum absolute atomic E-state index is 0.0833. The highest BCUT2D eigenvalue weighted by Gasteiger charge is 2.36. The summed E-state index contributed by atoms with van der Waals surface area (Å²) in [4.78, 5) is 14.0. The number of aromatic hydroxyl groups is 1. The minimum atomic E-state index is -1.01. The Labute approximate surface area is 246 Å². The molecule has 0 spiro atoms. The number of phenols is 1. The molecule has 8 heteroatoms. The van der Waals surface area contributed by atoms with Gasteiger partial charge in [-0.3, -0.25) is 4.79 Å². The van der Waals surface area contributed by atoms with Crippen molar-refractivity contribution in [2.75, 3.05) is 35.0 Å². The summed E-state index contributed by atoms with van der Waals surface area (Å²) in [5, 5.41) is 10.9. The Morgan fingerprint density at radius 1 is 0.738 bits per heavy atom. The number of carbonyl (C=O) groups is 1. The van der Waals surface area contributed by atoms with Crippen molar-refractivity contribution in [3.63, 3.8) is 0 Å². The second kappa shape index (κ2) is 14.9. The van der Waals surface area contributed by atoms with Gasteiger partial charge in [0.25, 0.3) is 0 Å². The van der Waals surface area contributed by atoms with Gasteiger partial charge in [0.15, 0.2) is 23.6 Å². The van der Waals surface area contributed by atoms with Crippen LogP contribution in [-0.2, 0) is 22.5 Å². The predicted octanol–water partition coefficient (Wildman–Crippen LogP) is 6.20. The van der Waals surface area contributed by atoms with Crippen LogP contribution < -0.4 is 18.9 Å². The number of Topliss-reactive ketones (excluding diaryl/α,β-unsaturated/α-hetero) is 1. The lowest BCUT2D eigenvalue weighted by Gasteiger charge is -2.27. The van der Waals surface area contributed by atoms with E-state index >= 15 is 0 Å². The van der Waals surface area contributed by atoms with Crippen molar-refractivity contribution < 1.29 is 38.3 Å². The number of methoxy groups -OCH3 is 4. The third-order valence-electron chi connectivity index (χ3n) is 6.84. The maximum atomic E-state index is 14.0. The topological polar surface area (TPSA) is 92.7 Å². The molecule has 0 saturated heterocycles. The lowest BCUT2D eigenvalue weighted by molar-refractivity contribution is -0.110. The van der Waals surface area contributed by atoms with Crippen LogP contribution >= 0.6 is 0 Å². The van der Waals surface area contributed by atoms with Gasteiger partial charge in [-0.15, -0.1) is 0 Å². The summed E-state index contributed by atoms with van der Waals surface area (Å²) in [5.41, 5.74) is 2.66. The standard InChI is InChI=1S/C34H36O8/c1-37-32-27(17-18-29(33(32)38-2)42-22-24-13-9-6-10-14-24)30(34(39-3)40-4)31(36)26-16-15-25(21-28(26)35)41-20-19-23-11-7-5-8-12-23/h5-18,21,30,34-35H,19-20,22H2,1-4H3. The Kier molecular flexibility index (Phi) is 10.8. The molecular weight excluding hydrogens is 536 g/mol. The van der Waals surface area contributed by atoms with Gasteiger partial charge in [0, 0.05) is 32.3 Å². The van der Waals surface area contributed by atoms with Gasteiger partial charge in [-0.1, -0.05) is 66.7 Å². The SMILES string of the molecule is COc1c(OCc2ccccc2)ccc(C(C(=O)c2ccc(OCCc3ccccc3)cc2O)C(OC)OC)c1OC. The molecule has 1 N–H and O–H groups in total. The fourth-order valence-electron chi connectivity index (χ4n) is 4.75. The summed E-state index contributed by atoms with van der Waals surface area (Å²) in [6.07, 6.45) is -0.283. The van der Waals surface area contributed by atoms with Gasteiger partial charge in [-0.2, -0.15) is 0 Å². The Hall–Kier alpha value is -4.53. The van der Waals surface area contributed by atoms with Crippen LogP contribution in [0.1, 0.15) is 33.0 Å². The number of carbonyl (C=O) groups excluding carboxylic acids is 1. The quantitative estimate of drug-likeness (QED) is 0.133. The van der Waals surface area contributed by atoms with Crippen molar-refractivity contribution >= 4 is 5.78 Å². The van der Waals surface area contributed by atoms with Crippen molar-refractivity contribution in [3.8, 4) is 28.7 Å². The Bertz CT molecular complexity index is 1440. The van der Waals surface area contributed by atoms with E-state index in [0.29, 0.717) is 48.2 Å². The van der Waals surface area contributed by atoms with E-state index in [1.807, 2.05) is 60.7 Å². The van der Waals surface area contributed by atoms with E-state index in [0.717, 1.165) is 11.1 Å². The van der Waals surface area contributed by atoms with E-state index < -0.39 is 18.0 Å². The first kappa shape index (κ1) is 30.4. The Morgan fingerprint density at radius 2 is 1.38 bits per heavy atom. The molecule has 0 heterocycles.